The Bertz CT molecular complexity index is 861. The topological polar surface area (TPSA) is 127 Å². The molecule has 1 heterocycles. The summed E-state index contributed by atoms with van der Waals surface area (Å²) in [5.41, 5.74) is -0.927. The van der Waals surface area contributed by atoms with Gasteiger partial charge >= 0.3 is 0 Å². The highest BCUT2D eigenvalue weighted by Gasteiger charge is 2.21. The molecule has 0 aliphatic carbocycles. The van der Waals surface area contributed by atoms with Gasteiger partial charge in [-0.1, -0.05) is 28.5 Å². The van der Waals surface area contributed by atoms with Gasteiger partial charge in [-0.3, -0.25) is 9.59 Å². The molecule has 130 valence electrons. The van der Waals surface area contributed by atoms with Crippen molar-refractivity contribution in [2.45, 2.75) is 0 Å². The third-order valence-electron chi connectivity index (χ3n) is 2.96. The normalized spacial score (nSPS) is 11.0. The number of rotatable bonds is 6. The molecule has 1 amide bonds. The van der Waals surface area contributed by atoms with Crippen molar-refractivity contribution < 1.29 is 19.6 Å². The Hall–Kier alpha value is -3.69. The standard InChI is InChI=1S/C15H15N5O5/c1-24-17-8-11-13(21)12(14(22)16-9-18-25-2)19-20(15(11)23)10-6-4-3-5-7-10/h3-9,21H,1-2H3,(H,16,18,22)/b17-8+. The molecule has 0 spiro atoms. The molecule has 2 N–H and O–H groups in total. The van der Waals surface area contributed by atoms with E-state index >= 15 is 0 Å². The molecule has 0 atom stereocenters. The number of nitrogens with one attached hydrogen (secondary N) is 1. The molecule has 10 nitrogen and oxygen atoms in total. The zero-order valence-corrected chi connectivity index (χ0v) is 13.4. The predicted octanol–water partition coefficient (Wildman–Crippen LogP) is 0.238. The van der Waals surface area contributed by atoms with Gasteiger partial charge in [0.2, 0.25) is 0 Å². The SMILES string of the molecule is CO/N=C/NC(=O)c1nn(-c2ccccc2)c(=O)c(/C=N/OC)c1O. The smallest absolute Gasteiger partial charge is 0.284 e. The van der Waals surface area contributed by atoms with Gasteiger partial charge in [-0.25, -0.2) is 0 Å². The van der Waals surface area contributed by atoms with Crippen LogP contribution in [0.5, 0.6) is 5.75 Å². The van der Waals surface area contributed by atoms with Crippen LogP contribution in [0.1, 0.15) is 16.1 Å². The number of para-hydroxylation sites is 1. The Labute approximate surface area is 142 Å². The number of nitrogens with zero attached hydrogens (tertiary/aromatic N) is 4. The van der Waals surface area contributed by atoms with E-state index in [0.29, 0.717) is 5.69 Å². The molecule has 2 aromatic rings. The first kappa shape index (κ1) is 17.7. The van der Waals surface area contributed by atoms with E-state index in [4.69, 9.17) is 0 Å². The van der Waals surface area contributed by atoms with Gasteiger partial charge in [-0.2, -0.15) is 9.78 Å². The number of amides is 1. The second-order valence-electron chi connectivity index (χ2n) is 4.47. The van der Waals surface area contributed by atoms with Crippen molar-refractivity contribution in [3.8, 4) is 11.4 Å². The summed E-state index contributed by atoms with van der Waals surface area (Å²) in [5.74, 6) is -1.43. The van der Waals surface area contributed by atoms with Gasteiger partial charge in [-0.15, -0.1) is 0 Å². The molecule has 1 aromatic heterocycles. The quantitative estimate of drug-likeness (QED) is 0.438. The van der Waals surface area contributed by atoms with Crippen LogP contribution >= 0.6 is 0 Å². The first-order chi connectivity index (χ1) is 12.1. The molecule has 0 aliphatic heterocycles. The first-order valence-electron chi connectivity index (χ1n) is 6.94. The van der Waals surface area contributed by atoms with Crippen molar-refractivity contribution in [1.82, 2.24) is 15.1 Å². The fourth-order valence-corrected chi connectivity index (χ4v) is 1.86. The van der Waals surface area contributed by atoms with E-state index in [0.717, 1.165) is 17.2 Å². The van der Waals surface area contributed by atoms with Gasteiger partial charge in [0.1, 0.15) is 26.1 Å². The lowest BCUT2D eigenvalue weighted by Gasteiger charge is -2.10. The number of aromatic hydroxyl groups is 1. The largest absolute Gasteiger partial charge is 0.505 e. The van der Waals surface area contributed by atoms with Gasteiger partial charge in [0.25, 0.3) is 11.5 Å². The molecule has 1 aromatic carbocycles. The summed E-state index contributed by atoms with van der Waals surface area (Å²) >= 11 is 0. The highest BCUT2D eigenvalue weighted by Crippen LogP contribution is 2.17. The summed E-state index contributed by atoms with van der Waals surface area (Å²) in [4.78, 5) is 33.7. The lowest BCUT2D eigenvalue weighted by Crippen LogP contribution is -2.31. The van der Waals surface area contributed by atoms with Crippen molar-refractivity contribution in [2.75, 3.05) is 14.2 Å². The Morgan fingerprint density at radius 1 is 1.24 bits per heavy atom. The Balaban J connectivity index is 2.63. The second-order valence-corrected chi connectivity index (χ2v) is 4.47. The molecule has 0 radical (unpaired) electrons. The summed E-state index contributed by atoms with van der Waals surface area (Å²) in [6, 6.07) is 8.40. The lowest BCUT2D eigenvalue weighted by atomic mass is 10.2. The van der Waals surface area contributed by atoms with Crippen LogP contribution in [0, 0.1) is 0 Å². The second kappa shape index (κ2) is 8.24. The van der Waals surface area contributed by atoms with Crippen molar-refractivity contribution in [3.05, 3.63) is 51.9 Å². The molecular weight excluding hydrogens is 330 g/mol. The molecule has 10 heteroatoms. The number of hydrogen-bond acceptors (Lipinski definition) is 8. The Morgan fingerprint density at radius 3 is 2.56 bits per heavy atom. The minimum Gasteiger partial charge on any atom is -0.505 e. The van der Waals surface area contributed by atoms with Crippen LogP contribution < -0.4 is 10.9 Å². The zero-order chi connectivity index (χ0) is 18.2. The highest BCUT2D eigenvalue weighted by molar-refractivity contribution is 6.02. The molecule has 25 heavy (non-hydrogen) atoms. The number of oxime groups is 2. The summed E-state index contributed by atoms with van der Waals surface area (Å²) in [6.45, 7) is 0. The minimum atomic E-state index is -0.796. The minimum absolute atomic E-state index is 0.255. The third kappa shape index (κ3) is 3.99. The summed E-state index contributed by atoms with van der Waals surface area (Å²) in [5, 5.41) is 23.2. The summed E-state index contributed by atoms with van der Waals surface area (Å²) in [7, 11) is 2.58. The fraction of sp³-hybridized carbons (Fsp3) is 0.133. The van der Waals surface area contributed by atoms with E-state index in [1.54, 1.807) is 30.3 Å². The van der Waals surface area contributed by atoms with Crippen LogP contribution in [0.25, 0.3) is 5.69 Å². The Morgan fingerprint density at radius 2 is 1.92 bits per heavy atom. The molecule has 2 rings (SSSR count). The van der Waals surface area contributed by atoms with Crippen molar-refractivity contribution in [2.24, 2.45) is 10.3 Å². The molecule has 0 bridgehead atoms. The number of benzene rings is 1. The molecule has 0 saturated heterocycles. The molecular formula is C15H15N5O5. The van der Waals surface area contributed by atoms with Crippen LogP contribution in [0.15, 0.2) is 45.4 Å². The van der Waals surface area contributed by atoms with Crippen LogP contribution in [0.3, 0.4) is 0 Å². The van der Waals surface area contributed by atoms with E-state index in [1.165, 1.54) is 14.2 Å². The maximum Gasteiger partial charge on any atom is 0.284 e. The first-order valence-corrected chi connectivity index (χ1v) is 6.94. The number of carbonyl (C=O) groups excluding carboxylic acids is 1. The zero-order valence-electron chi connectivity index (χ0n) is 13.4. The van der Waals surface area contributed by atoms with Crippen molar-refractivity contribution in [1.29, 1.82) is 0 Å². The lowest BCUT2D eigenvalue weighted by molar-refractivity contribution is 0.0966. The van der Waals surface area contributed by atoms with Crippen LogP contribution in [-0.4, -0.2) is 47.6 Å². The van der Waals surface area contributed by atoms with Crippen molar-refractivity contribution in [3.63, 3.8) is 0 Å². The monoisotopic (exact) mass is 345 g/mol. The predicted molar refractivity (Wildman–Crippen MR) is 89.1 cm³/mol. The fourth-order valence-electron chi connectivity index (χ4n) is 1.86. The van der Waals surface area contributed by atoms with Gasteiger partial charge < -0.3 is 20.1 Å². The maximum atomic E-state index is 12.5. The van der Waals surface area contributed by atoms with Gasteiger partial charge in [0, 0.05) is 0 Å². The van der Waals surface area contributed by atoms with Crippen LogP contribution in [0.4, 0.5) is 0 Å². The van der Waals surface area contributed by atoms with E-state index in [1.807, 2.05) is 0 Å². The maximum absolute atomic E-state index is 12.5. The average Bonchev–Trinajstić information content (AvgIpc) is 2.62. The number of aromatic nitrogens is 2. The number of hydrogen-bond donors (Lipinski definition) is 2. The highest BCUT2D eigenvalue weighted by atomic mass is 16.6. The molecule has 0 unspecified atom stereocenters. The van der Waals surface area contributed by atoms with E-state index in [9.17, 15) is 14.7 Å². The van der Waals surface area contributed by atoms with Gasteiger partial charge in [0.05, 0.1) is 11.9 Å². The van der Waals surface area contributed by atoms with E-state index < -0.39 is 22.9 Å². The average molecular weight is 345 g/mol. The molecule has 0 saturated carbocycles. The molecule has 0 aliphatic rings. The van der Waals surface area contributed by atoms with Gasteiger partial charge in [-0.05, 0) is 12.1 Å². The summed E-state index contributed by atoms with van der Waals surface area (Å²) < 4.78 is 0.971. The number of carbonyl (C=O) groups is 1. The van der Waals surface area contributed by atoms with Crippen LogP contribution in [0.2, 0.25) is 0 Å². The van der Waals surface area contributed by atoms with E-state index in [2.05, 4.69) is 30.4 Å². The summed E-state index contributed by atoms with van der Waals surface area (Å²) in [6.07, 6.45) is 1.98. The molecule has 0 fully saturated rings. The van der Waals surface area contributed by atoms with Crippen LogP contribution in [-0.2, 0) is 9.68 Å². The van der Waals surface area contributed by atoms with Crippen molar-refractivity contribution >= 4 is 18.5 Å². The van der Waals surface area contributed by atoms with Gasteiger partial charge in [0.15, 0.2) is 11.4 Å². The van der Waals surface area contributed by atoms with E-state index in [-0.39, 0.29) is 5.56 Å². The Kier molecular flexibility index (Phi) is 5.82. The third-order valence-corrected chi connectivity index (χ3v) is 2.96.